The second-order valence-corrected chi connectivity index (χ2v) is 4.46. The van der Waals surface area contributed by atoms with Crippen molar-refractivity contribution in [2.75, 3.05) is 0 Å². The van der Waals surface area contributed by atoms with Crippen molar-refractivity contribution in [2.24, 2.45) is 0 Å². The van der Waals surface area contributed by atoms with Crippen molar-refractivity contribution in [3.8, 4) is 0 Å². The molecule has 0 radical (unpaired) electrons. The number of unbranched alkanes of at least 4 members (excludes halogenated alkanes) is 5. The van der Waals surface area contributed by atoms with Crippen LogP contribution in [0.5, 0.6) is 0 Å². The Morgan fingerprint density at radius 1 is 0.591 bits per heavy atom. The highest BCUT2D eigenvalue weighted by atomic mass is 19.4. The van der Waals surface area contributed by atoms with E-state index in [2.05, 4.69) is 9.47 Å². The molecule has 0 atom stereocenters. The van der Waals surface area contributed by atoms with E-state index in [0.29, 0.717) is 25.7 Å². The first-order valence-corrected chi connectivity index (χ1v) is 6.57. The van der Waals surface area contributed by atoms with E-state index in [4.69, 9.17) is 0 Å². The summed E-state index contributed by atoms with van der Waals surface area (Å²) in [6.45, 7) is 0. The standard InChI is InChI=1S/C12H16F6O4/c13-11(14,15)21-9(19)7-5-3-1-2-4-6-8-10(20)22-12(16,17)18/h1-8H2. The van der Waals surface area contributed by atoms with Crippen LogP contribution in [0.4, 0.5) is 26.3 Å². The molecule has 0 rings (SSSR count). The molecule has 0 amide bonds. The molecule has 4 nitrogen and oxygen atoms in total. The summed E-state index contributed by atoms with van der Waals surface area (Å²) in [4.78, 5) is 21.4. The van der Waals surface area contributed by atoms with Crippen LogP contribution in [0, 0.1) is 0 Å². The third kappa shape index (κ3) is 14.9. The maximum Gasteiger partial charge on any atom is 0.575 e. The summed E-state index contributed by atoms with van der Waals surface area (Å²) in [5.74, 6) is -2.69. The van der Waals surface area contributed by atoms with E-state index < -0.39 is 24.7 Å². The van der Waals surface area contributed by atoms with E-state index in [-0.39, 0.29) is 25.7 Å². The molecule has 0 bridgehead atoms. The van der Waals surface area contributed by atoms with Gasteiger partial charge in [0, 0.05) is 12.8 Å². The molecule has 0 heterocycles. The van der Waals surface area contributed by atoms with Crippen LogP contribution in [0.3, 0.4) is 0 Å². The summed E-state index contributed by atoms with van der Waals surface area (Å²) in [5, 5.41) is 0. The van der Waals surface area contributed by atoms with Crippen molar-refractivity contribution < 1.29 is 45.4 Å². The Kier molecular flexibility index (Phi) is 8.88. The second-order valence-electron chi connectivity index (χ2n) is 4.46. The molecule has 10 heteroatoms. The number of ether oxygens (including phenoxy) is 2. The van der Waals surface area contributed by atoms with E-state index in [9.17, 15) is 35.9 Å². The molecule has 0 aliphatic carbocycles. The van der Waals surface area contributed by atoms with Gasteiger partial charge in [0.05, 0.1) is 0 Å². The fourth-order valence-corrected chi connectivity index (χ4v) is 1.61. The van der Waals surface area contributed by atoms with E-state index >= 15 is 0 Å². The highest BCUT2D eigenvalue weighted by Gasteiger charge is 2.34. The summed E-state index contributed by atoms with van der Waals surface area (Å²) in [6, 6.07) is 0. The monoisotopic (exact) mass is 338 g/mol. The van der Waals surface area contributed by atoms with E-state index in [1.807, 2.05) is 0 Å². The minimum atomic E-state index is -4.97. The zero-order chi connectivity index (χ0) is 17.2. The summed E-state index contributed by atoms with van der Waals surface area (Å²) in [7, 11) is 0. The largest absolute Gasteiger partial charge is 0.575 e. The topological polar surface area (TPSA) is 52.6 Å². The van der Waals surface area contributed by atoms with Crippen molar-refractivity contribution >= 4 is 11.9 Å². The van der Waals surface area contributed by atoms with Gasteiger partial charge in [-0.2, -0.15) is 0 Å². The van der Waals surface area contributed by atoms with Crippen LogP contribution >= 0.6 is 0 Å². The van der Waals surface area contributed by atoms with Crippen molar-refractivity contribution in [3.63, 3.8) is 0 Å². The molecule has 0 saturated heterocycles. The molecule has 0 fully saturated rings. The molecule has 0 aromatic heterocycles. The average Bonchev–Trinajstić information content (AvgIpc) is 2.27. The van der Waals surface area contributed by atoms with Crippen LogP contribution in [0.25, 0.3) is 0 Å². The summed E-state index contributed by atoms with van der Waals surface area (Å²) in [6.07, 6.45) is -8.03. The number of carbonyl (C=O) groups excluding carboxylic acids is 2. The van der Waals surface area contributed by atoms with Crippen LogP contribution in [-0.4, -0.2) is 24.7 Å². The van der Waals surface area contributed by atoms with E-state index in [1.165, 1.54) is 0 Å². The average molecular weight is 338 g/mol. The first kappa shape index (κ1) is 20.5. The number of alkyl halides is 6. The maximum atomic E-state index is 11.6. The highest BCUT2D eigenvalue weighted by molar-refractivity contribution is 5.69. The fraction of sp³-hybridized carbons (Fsp3) is 0.833. The molecular formula is C12H16F6O4. The Labute approximate surface area is 122 Å². The lowest BCUT2D eigenvalue weighted by molar-refractivity contribution is -0.307. The van der Waals surface area contributed by atoms with Gasteiger partial charge in [-0.3, -0.25) is 9.59 Å². The Bertz CT molecular complexity index is 317. The lowest BCUT2D eigenvalue weighted by Crippen LogP contribution is -2.19. The highest BCUT2D eigenvalue weighted by Crippen LogP contribution is 2.19. The van der Waals surface area contributed by atoms with Crippen LogP contribution in [0.15, 0.2) is 0 Å². The minimum absolute atomic E-state index is 0.227. The molecule has 0 aliphatic heterocycles. The smallest absolute Gasteiger partial charge is 0.373 e. The maximum absolute atomic E-state index is 11.6. The van der Waals surface area contributed by atoms with Crippen molar-refractivity contribution in [2.45, 2.75) is 64.1 Å². The number of hydrogen-bond donors (Lipinski definition) is 0. The third-order valence-electron chi connectivity index (χ3n) is 2.47. The van der Waals surface area contributed by atoms with Gasteiger partial charge in [0.2, 0.25) is 0 Å². The molecule has 22 heavy (non-hydrogen) atoms. The fourth-order valence-electron chi connectivity index (χ4n) is 1.61. The third-order valence-corrected chi connectivity index (χ3v) is 2.47. The van der Waals surface area contributed by atoms with Gasteiger partial charge in [0.25, 0.3) is 0 Å². The van der Waals surface area contributed by atoms with Crippen molar-refractivity contribution in [1.29, 1.82) is 0 Å². The van der Waals surface area contributed by atoms with Crippen LogP contribution in [-0.2, 0) is 19.1 Å². The molecule has 0 saturated carbocycles. The molecular weight excluding hydrogens is 322 g/mol. The van der Waals surface area contributed by atoms with Crippen molar-refractivity contribution in [1.82, 2.24) is 0 Å². The summed E-state index contributed by atoms with van der Waals surface area (Å²) < 4.78 is 76.2. The molecule has 0 N–H and O–H groups in total. The van der Waals surface area contributed by atoms with Gasteiger partial charge in [0.1, 0.15) is 0 Å². The van der Waals surface area contributed by atoms with Gasteiger partial charge in [-0.1, -0.05) is 25.7 Å². The first-order valence-electron chi connectivity index (χ1n) is 6.57. The first-order chi connectivity index (χ1) is 9.99. The molecule has 0 spiro atoms. The number of rotatable bonds is 9. The minimum Gasteiger partial charge on any atom is -0.373 e. The number of carbonyl (C=O) groups is 2. The van der Waals surface area contributed by atoms with E-state index in [0.717, 1.165) is 0 Å². The SMILES string of the molecule is O=C(CCCCCCCCC(=O)OC(F)(F)F)OC(F)(F)F. The molecule has 0 unspecified atom stereocenters. The Balaban J connectivity index is 3.45. The Hall–Kier alpha value is -1.48. The summed E-state index contributed by atoms with van der Waals surface area (Å²) in [5.41, 5.74) is 0. The van der Waals surface area contributed by atoms with E-state index in [1.54, 1.807) is 0 Å². The lowest BCUT2D eigenvalue weighted by Gasteiger charge is -2.07. The number of hydrogen-bond acceptors (Lipinski definition) is 4. The normalized spacial score (nSPS) is 12.1. The van der Waals surface area contributed by atoms with Gasteiger partial charge in [-0.25, -0.2) is 0 Å². The number of halogens is 6. The lowest BCUT2D eigenvalue weighted by atomic mass is 10.1. The Morgan fingerprint density at radius 3 is 1.14 bits per heavy atom. The van der Waals surface area contributed by atoms with Crippen LogP contribution in [0.2, 0.25) is 0 Å². The zero-order valence-electron chi connectivity index (χ0n) is 11.6. The summed E-state index contributed by atoms with van der Waals surface area (Å²) >= 11 is 0. The van der Waals surface area contributed by atoms with Gasteiger partial charge in [0.15, 0.2) is 0 Å². The predicted octanol–water partition coefficient (Wildman–Crippen LogP) is 4.23. The number of esters is 2. The molecule has 130 valence electrons. The molecule has 0 aromatic carbocycles. The van der Waals surface area contributed by atoms with Gasteiger partial charge >= 0.3 is 24.7 Å². The van der Waals surface area contributed by atoms with Gasteiger partial charge in [-0.05, 0) is 12.8 Å². The predicted molar refractivity (Wildman–Crippen MR) is 61.2 cm³/mol. The zero-order valence-corrected chi connectivity index (χ0v) is 11.6. The van der Waals surface area contributed by atoms with Crippen molar-refractivity contribution in [3.05, 3.63) is 0 Å². The Morgan fingerprint density at radius 2 is 0.864 bits per heavy atom. The second kappa shape index (κ2) is 9.52. The van der Waals surface area contributed by atoms with Gasteiger partial charge in [-0.15, -0.1) is 26.3 Å². The van der Waals surface area contributed by atoms with Crippen LogP contribution < -0.4 is 0 Å². The molecule has 0 aromatic rings. The molecule has 0 aliphatic rings. The van der Waals surface area contributed by atoms with Crippen LogP contribution in [0.1, 0.15) is 51.4 Å². The quantitative estimate of drug-likeness (QED) is 0.359. The van der Waals surface area contributed by atoms with Gasteiger partial charge < -0.3 is 9.47 Å².